The number of nitrogens with zero attached hydrogens (tertiary/aromatic N) is 2. The fraction of sp³-hybridized carbons (Fsp3) is 0.269. The predicted molar refractivity (Wildman–Crippen MR) is 134 cm³/mol. The molecule has 0 saturated carbocycles. The van der Waals surface area contributed by atoms with Crippen LogP contribution >= 0.6 is 0 Å². The Hall–Kier alpha value is -3.32. The van der Waals surface area contributed by atoms with Gasteiger partial charge in [0.2, 0.25) is 5.91 Å². The maximum absolute atomic E-state index is 13.5. The van der Waals surface area contributed by atoms with Gasteiger partial charge in [0.1, 0.15) is 6.54 Å². The number of nitrogens with one attached hydrogen (secondary N) is 1. The number of sulfonamides is 1. The summed E-state index contributed by atoms with van der Waals surface area (Å²) in [4.78, 5) is 15.0. The van der Waals surface area contributed by atoms with Crippen molar-refractivity contribution in [3.8, 4) is 0 Å². The van der Waals surface area contributed by atoms with Gasteiger partial charge >= 0.3 is 0 Å². The van der Waals surface area contributed by atoms with E-state index in [4.69, 9.17) is 0 Å². The molecule has 0 aliphatic rings. The number of para-hydroxylation sites is 1. The monoisotopic (exact) mass is 465 g/mol. The molecule has 1 N–H and O–H groups in total. The number of aryl methyl sites for hydroxylation is 3. The van der Waals surface area contributed by atoms with Crippen molar-refractivity contribution < 1.29 is 13.2 Å². The molecular formula is C26H31N3O3S. The molecule has 33 heavy (non-hydrogen) atoms. The number of likely N-dealkylation sites (N-methyl/N-ethyl adjacent to an activating group) is 1. The van der Waals surface area contributed by atoms with Crippen LogP contribution in [0.3, 0.4) is 0 Å². The van der Waals surface area contributed by atoms with Crippen LogP contribution in [0.1, 0.15) is 16.7 Å². The Kier molecular flexibility index (Phi) is 7.76. The van der Waals surface area contributed by atoms with E-state index in [1.807, 2.05) is 69.1 Å². The number of carbonyl (C=O) groups is 1. The molecule has 0 bridgehead atoms. The second-order valence-corrected chi connectivity index (χ2v) is 10.1. The van der Waals surface area contributed by atoms with Crippen LogP contribution < -0.4 is 14.5 Å². The van der Waals surface area contributed by atoms with Gasteiger partial charge in [-0.05, 0) is 68.3 Å². The highest BCUT2D eigenvalue weighted by Gasteiger charge is 2.27. The Bertz CT molecular complexity index is 1190. The van der Waals surface area contributed by atoms with Crippen molar-refractivity contribution >= 4 is 27.3 Å². The highest BCUT2D eigenvalue weighted by atomic mass is 32.2. The summed E-state index contributed by atoms with van der Waals surface area (Å²) in [6.45, 7) is 6.49. The third kappa shape index (κ3) is 6.14. The first-order valence-corrected chi connectivity index (χ1v) is 12.3. The van der Waals surface area contributed by atoms with E-state index < -0.39 is 10.0 Å². The molecule has 0 heterocycles. The molecule has 0 fully saturated rings. The lowest BCUT2D eigenvalue weighted by molar-refractivity contribution is -0.119. The maximum Gasteiger partial charge on any atom is 0.264 e. The minimum atomic E-state index is -3.92. The zero-order valence-corrected chi connectivity index (χ0v) is 20.4. The molecule has 6 nitrogen and oxygen atoms in total. The lowest BCUT2D eigenvalue weighted by Gasteiger charge is -2.25. The second kappa shape index (κ2) is 10.5. The molecule has 7 heteroatoms. The Morgan fingerprint density at radius 2 is 1.52 bits per heavy atom. The van der Waals surface area contributed by atoms with Crippen LogP contribution in [0, 0.1) is 20.8 Å². The van der Waals surface area contributed by atoms with Gasteiger partial charge in [-0.1, -0.05) is 42.0 Å². The highest BCUT2D eigenvalue weighted by molar-refractivity contribution is 7.92. The van der Waals surface area contributed by atoms with E-state index >= 15 is 0 Å². The van der Waals surface area contributed by atoms with Crippen molar-refractivity contribution in [3.05, 3.63) is 89.5 Å². The summed E-state index contributed by atoms with van der Waals surface area (Å²) >= 11 is 0. The minimum Gasteiger partial charge on any atom is -0.373 e. The van der Waals surface area contributed by atoms with Gasteiger partial charge in [0.15, 0.2) is 0 Å². The first-order valence-electron chi connectivity index (χ1n) is 10.9. The van der Waals surface area contributed by atoms with E-state index in [0.717, 1.165) is 22.4 Å². The number of hydrogen-bond acceptors (Lipinski definition) is 4. The van der Waals surface area contributed by atoms with E-state index in [1.54, 1.807) is 36.4 Å². The third-order valence-electron chi connectivity index (χ3n) is 5.64. The quantitative estimate of drug-likeness (QED) is 0.517. The molecule has 0 aromatic heterocycles. The van der Waals surface area contributed by atoms with Crippen molar-refractivity contribution in [2.24, 2.45) is 0 Å². The largest absolute Gasteiger partial charge is 0.373 e. The summed E-state index contributed by atoms with van der Waals surface area (Å²) in [5, 5.41) is 2.86. The minimum absolute atomic E-state index is 0.155. The number of carbonyl (C=O) groups excluding carboxylic acids is 1. The van der Waals surface area contributed by atoms with Gasteiger partial charge in [-0.25, -0.2) is 8.42 Å². The number of rotatable bonds is 9. The Morgan fingerprint density at radius 3 is 2.15 bits per heavy atom. The molecule has 1 amide bonds. The number of anilines is 2. The summed E-state index contributed by atoms with van der Waals surface area (Å²) in [7, 11) is -1.97. The van der Waals surface area contributed by atoms with Crippen LogP contribution in [-0.2, 0) is 14.8 Å². The third-order valence-corrected chi connectivity index (χ3v) is 7.43. The fourth-order valence-corrected chi connectivity index (χ4v) is 4.81. The molecule has 0 radical (unpaired) electrons. The SMILES string of the molecule is Cc1ccc(S(=O)(=O)N(CC(=O)NCCN(C)c2ccccc2)c2ccc(C)c(C)c2)cc1. The van der Waals surface area contributed by atoms with E-state index in [-0.39, 0.29) is 17.3 Å². The number of amides is 1. The van der Waals surface area contributed by atoms with Gasteiger partial charge in [-0.3, -0.25) is 9.10 Å². The molecular weight excluding hydrogens is 434 g/mol. The van der Waals surface area contributed by atoms with Crippen molar-refractivity contribution in [2.45, 2.75) is 25.7 Å². The van der Waals surface area contributed by atoms with Crippen LogP contribution in [0.25, 0.3) is 0 Å². The smallest absolute Gasteiger partial charge is 0.264 e. The molecule has 0 saturated heterocycles. The summed E-state index contributed by atoms with van der Waals surface area (Å²) in [5.74, 6) is -0.356. The van der Waals surface area contributed by atoms with Gasteiger partial charge in [0.25, 0.3) is 10.0 Å². The highest BCUT2D eigenvalue weighted by Crippen LogP contribution is 2.26. The lowest BCUT2D eigenvalue weighted by Crippen LogP contribution is -2.42. The lowest BCUT2D eigenvalue weighted by atomic mass is 10.1. The number of hydrogen-bond donors (Lipinski definition) is 1. The average molecular weight is 466 g/mol. The molecule has 0 atom stereocenters. The van der Waals surface area contributed by atoms with E-state index in [2.05, 4.69) is 5.32 Å². The van der Waals surface area contributed by atoms with Gasteiger partial charge in [0.05, 0.1) is 10.6 Å². The Labute approximate surface area is 196 Å². The van der Waals surface area contributed by atoms with Gasteiger partial charge in [-0.15, -0.1) is 0 Å². The molecule has 3 aromatic rings. The van der Waals surface area contributed by atoms with Crippen molar-refractivity contribution in [3.63, 3.8) is 0 Å². The van der Waals surface area contributed by atoms with E-state index in [9.17, 15) is 13.2 Å². The number of benzene rings is 3. The molecule has 3 rings (SSSR count). The van der Waals surface area contributed by atoms with Crippen molar-refractivity contribution in [1.82, 2.24) is 5.32 Å². The zero-order valence-electron chi connectivity index (χ0n) is 19.6. The van der Waals surface area contributed by atoms with Crippen molar-refractivity contribution in [2.75, 3.05) is 35.9 Å². The van der Waals surface area contributed by atoms with E-state index in [1.165, 1.54) is 4.31 Å². The summed E-state index contributed by atoms with van der Waals surface area (Å²) in [6.07, 6.45) is 0. The zero-order chi connectivity index (χ0) is 24.0. The predicted octanol–water partition coefficient (Wildman–Crippen LogP) is 4.06. The Morgan fingerprint density at radius 1 is 0.848 bits per heavy atom. The Balaban J connectivity index is 1.77. The van der Waals surface area contributed by atoms with Crippen LogP contribution in [-0.4, -0.2) is 41.0 Å². The van der Waals surface area contributed by atoms with Crippen LogP contribution in [0.4, 0.5) is 11.4 Å². The maximum atomic E-state index is 13.5. The fourth-order valence-electron chi connectivity index (χ4n) is 3.39. The van der Waals surface area contributed by atoms with Crippen LogP contribution in [0.2, 0.25) is 0 Å². The second-order valence-electron chi connectivity index (χ2n) is 8.20. The topological polar surface area (TPSA) is 69.7 Å². The van der Waals surface area contributed by atoms with Crippen LogP contribution in [0.15, 0.2) is 77.7 Å². The molecule has 174 valence electrons. The first kappa shape index (κ1) is 24.3. The van der Waals surface area contributed by atoms with Gasteiger partial charge in [-0.2, -0.15) is 0 Å². The van der Waals surface area contributed by atoms with E-state index in [0.29, 0.717) is 18.8 Å². The van der Waals surface area contributed by atoms with Gasteiger partial charge in [0, 0.05) is 25.8 Å². The molecule has 0 aliphatic heterocycles. The molecule has 0 spiro atoms. The van der Waals surface area contributed by atoms with Gasteiger partial charge < -0.3 is 10.2 Å². The normalized spacial score (nSPS) is 11.2. The summed E-state index contributed by atoms with van der Waals surface area (Å²) in [5.41, 5.74) is 4.49. The van der Waals surface area contributed by atoms with Crippen molar-refractivity contribution in [1.29, 1.82) is 0 Å². The van der Waals surface area contributed by atoms with Crippen LogP contribution in [0.5, 0.6) is 0 Å². The molecule has 0 aliphatic carbocycles. The standard InChI is InChI=1S/C26H31N3O3S/c1-20-10-14-25(15-11-20)33(31,32)29(24-13-12-21(2)22(3)18-24)19-26(30)27-16-17-28(4)23-8-6-5-7-9-23/h5-15,18H,16-17,19H2,1-4H3,(H,27,30). The average Bonchev–Trinajstić information content (AvgIpc) is 2.80. The summed E-state index contributed by atoms with van der Waals surface area (Å²) < 4.78 is 28.1. The summed E-state index contributed by atoms with van der Waals surface area (Å²) in [6, 6.07) is 21.9. The molecule has 0 unspecified atom stereocenters. The molecule has 3 aromatic carbocycles. The first-order chi connectivity index (χ1) is 15.7.